The van der Waals surface area contributed by atoms with E-state index in [0.29, 0.717) is 23.3 Å². The highest BCUT2D eigenvalue weighted by Crippen LogP contribution is 2.43. The minimum absolute atomic E-state index is 0.242. The third-order valence-electron chi connectivity index (χ3n) is 7.04. The summed E-state index contributed by atoms with van der Waals surface area (Å²) < 4.78 is 42.2. The predicted molar refractivity (Wildman–Crippen MR) is 137 cm³/mol. The summed E-state index contributed by atoms with van der Waals surface area (Å²) >= 11 is 5.90. The maximum absolute atomic E-state index is 13.7. The van der Waals surface area contributed by atoms with Gasteiger partial charge in [0.1, 0.15) is 17.7 Å². The van der Waals surface area contributed by atoms with E-state index in [1.54, 1.807) is 24.7 Å². The SMILES string of the molecule is COCC1(n2c(CS(=O)(=O)[C@@H](C)[C@H](OC)c3ncc(Cl)cn3)nnc2-c2cnn3ccccc23)CCC1. The largest absolute Gasteiger partial charge is 0.382 e. The maximum Gasteiger partial charge on any atom is 0.168 e. The first-order valence-corrected chi connectivity index (χ1v) is 14.0. The van der Waals surface area contributed by atoms with Gasteiger partial charge in [-0.05, 0) is 38.3 Å². The van der Waals surface area contributed by atoms with E-state index >= 15 is 0 Å². The van der Waals surface area contributed by atoms with Crippen LogP contribution in [-0.4, -0.2) is 68.8 Å². The normalized spacial score (nSPS) is 17.0. The van der Waals surface area contributed by atoms with Gasteiger partial charge in [0.05, 0.1) is 39.7 Å². The molecule has 0 radical (unpaired) electrons. The Kier molecular flexibility index (Phi) is 7.01. The number of methoxy groups -OCH3 is 2. The van der Waals surface area contributed by atoms with Gasteiger partial charge in [0.2, 0.25) is 0 Å². The molecule has 13 heteroatoms. The lowest BCUT2D eigenvalue weighted by Crippen LogP contribution is -2.46. The molecule has 1 fully saturated rings. The number of aromatic nitrogens is 7. The van der Waals surface area contributed by atoms with Crippen LogP contribution in [0.2, 0.25) is 5.02 Å². The van der Waals surface area contributed by atoms with E-state index in [4.69, 9.17) is 21.1 Å². The highest BCUT2D eigenvalue weighted by Gasteiger charge is 2.44. The minimum Gasteiger partial charge on any atom is -0.382 e. The molecule has 0 saturated heterocycles. The summed E-state index contributed by atoms with van der Waals surface area (Å²) in [5.41, 5.74) is 1.19. The number of hydrogen-bond donors (Lipinski definition) is 0. The Labute approximate surface area is 219 Å². The summed E-state index contributed by atoms with van der Waals surface area (Å²) in [4.78, 5) is 8.34. The molecule has 4 aromatic heterocycles. The van der Waals surface area contributed by atoms with Crippen LogP contribution in [0.1, 0.15) is 43.9 Å². The van der Waals surface area contributed by atoms with E-state index in [0.717, 1.165) is 30.3 Å². The first-order chi connectivity index (χ1) is 17.8. The molecule has 1 aliphatic rings. The average Bonchev–Trinajstić information content (AvgIpc) is 3.47. The van der Waals surface area contributed by atoms with Gasteiger partial charge in [-0.25, -0.2) is 22.9 Å². The zero-order valence-corrected chi connectivity index (χ0v) is 22.4. The molecule has 1 aliphatic carbocycles. The molecule has 4 aromatic rings. The van der Waals surface area contributed by atoms with Gasteiger partial charge in [0.15, 0.2) is 21.5 Å². The lowest BCUT2D eigenvalue weighted by atomic mass is 9.76. The van der Waals surface area contributed by atoms with Crippen molar-refractivity contribution in [2.24, 2.45) is 0 Å². The summed E-state index contributed by atoms with van der Waals surface area (Å²) in [5, 5.41) is 12.7. The second-order valence-electron chi connectivity index (χ2n) is 9.30. The van der Waals surface area contributed by atoms with Crippen LogP contribution in [0.15, 0.2) is 43.0 Å². The third-order valence-corrected chi connectivity index (χ3v) is 9.28. The van der Waals surface area contributed by atoms with Gasteiger partial charge in [-0.2, -0.15) is 5.10 Å². The van der Waals surface area contributed by atoms with Crippen LogP contribution in [-0.2, 0) is 30.6 Å². The molecule has 0 unspecified atom stereocenters. The first-order valence-electron chi connectivity index (χ1n) is 11.9. The average molecular weight is 546 g/mol. The molecular formula is C24H28ClN7O4S. The topological polar surface area (TPSA) is 126 Å². The highest BCUT2D eigenvalue weighted by molar-refractivity contribution is 7.91. The second kappa shape index (κ2) is 10.1. The zero-order chi connectivity index (χ0) is 26.2. The maximum atomic E-state index is 13.7. The number of nitrogens with zero attached hydrogens (tertiary/aromatic N) is 7. The van der Waals surface area contributed by atoms with Crippen molar-refractivity contribution in [1.82, 2.24) is 34.3 Å². The molecule has 37 heavy (non-hydrogen) atoms. The van der Waals surface area contributed by atoms with Crippen molar-refractivity contribution in [1.29, 1.82) is 0 Å². The van der Waals surface area contributed by atoms with Crippen molar-refractivity contribution in [2.45, 2.75) is 48.8 Å². The Bertz CT molecular complexity index is 1500. The van der Waals surface area contributed by atoms with E-state index < -0.39 is 26.7 Å². The monoisotopic (exact) mass is 545 g/mol. The molecule has 196 valence electrons. The molecule has 11 nitrogen and oxygen atoms in total. The van der Waals surface area contributed by atoms with E-state index in [9.17, 15) is 8.42 Å². The Morgan fingerprint density at radius 3 is 2.54 bits per heavy atom. The minimum atomic E-state index is -3.79. The fourth-order valence-corrected chi connectivity index (χ4v) is 6.47. The number of sulfone groups is 1. The summed E-state index contributed by atoms with van der Waals surface area (Å²) in [5.74, 6) is 0.825. The molecule has 0 aliphatic heterocycles. The number of hydrogen-bond acceptors (Lipinski definition) is 9. The molecule has 0 spiro atoms. The van der Waals surface area contributed by atoms with Crippen molar-refractivity contribution in [3.63, 3.8) is 0 Å². The number of fused-ring (bicyclic) bond motifs is 1. The fraction of sp³-hybridized carbons (Fsp3) is 0.458. The molecule has 5 rings (SSSR count). The van der Waals surface area contributed by atoms with Gasteiger partial charge in [-0.1, -0.05) is 17.7 Å². The van der Waals surface area contributed by atoms with Crippen LogP contribution in [0, 0.1) is 0 Å². The van der Waals surface area contributed by atoms with Gasteiger partial charge >= 0.3 is 0 Å². The molecule has 4 heterocycles. The molecule has 0 amide bonds. The molecule has 0 aromatic carbocycles. The summed E-state index contributed by atoms with van der Waals surface area (Å²) in [6.45, 7) is 2.00. The zero-order valence-electron chi connectivity index (χ0n) is 20.8. The Balaban J connectivity index is 1.56. The van der Waals surface area contributed by atoms with Gasteiger partial charge in [0, 0.05) is 32.8 Å². The molecule has 0 bridgehead atoms. The fourth-order valence-electron chi connectivity index (χ4n) is 4.95. The number of ether oxygens (including phenoxy) is 2. The predicted octanol–water partition coefficient (Wildman–Crippen LogP) is 3.25. The van der Waals surface area contributed by atoms with E-state index in [2.05, 4.69) is 25.3 Å². The third kappa shape index (κ3) is 4.63. The first kappa shape index (κ1) is 25.7. The lowest BCUT2D eigenvalue weighted by Gasteiger charge is -2.43. The Hall–Kier alpha value is -2.93. The van der Waals surface area contributed by atoms with Crippen molar-refractivity contribution in [3.05, 3.63) is 59.7 Å². The van der Waals surface area contributed by atoms with Crippen molar-refractivity contribution >= 4 is 27.0 Å². The summed E-state index contributed by atoms with van der Waals surface area (Å²) in [6, 6.07) is 5.76. The van der Waals surface area contributed by atoms with Crippen LogP contribution in [0.25, 0.3) is 16.9 Å². The van der Waals surface area contributed by atoms with Gasteiger partial charge in [0.25, 0.3) is 0 Å². The quantitative estimate of drug-likeness (QED) is 0.295. The van der Waals surface area contributed by atoms with E-state index in [-0.39, 0.29) is 11.6 Å². The van der Waals surface area contributed by atoms with Crippen LogP contribution in [0.5, 0.6) is 0 Å². The number of pyridine rings is 1. The molecular weight excluding hydrogens is 518 g/mol. The highest BCUT2D eigenvalue weighted by atomic mass is 35.5. The number of rotatable bonds is 10. The Morgan fingerprint density at radius 1 is 1.14 bits per heavy atom. The summed E-state index contributed by atoms with van der Waals surface area (Å²) in [6.07, 6.45) is 8.19. The lowest BCUT2D eigenvalue weighted by molar-refractivity contribution is 0.0267. The molecule has 2 atom stereocenters. The van der Waals surface area contributed by atoms with Crippen LogP contribution < -0.4 is 0 Å². The van der Waals surface area contributed by atoms with E-state index in [1.165, 1.54) is 19.5 Å². The van der Waals surface area contributed by atoms with Gasteiger partial charge in [-0.15, -0.1) is 10.2 Å². The van der Waals surface area contributed by atoms with Crippen molar-refractivity contribution in [2.75, 3.05) is 20.8 Å². The van der Waals surface area contributed by atoms with Gasteiger partial charge in [-0.3, -0.25) is 0 Å². The van der Waals surface area contributed by atoms with Crippen molar-refractivity contribution < 1.29 is 17.9 Å². The molecule has 1 saturated carbocycles. The van der Waals surface area contributed by atoms with Crippen LogP contribution in [0.3, 0.4) is 0 Å². The van der Waals surface area contributed by atoms with Crippen molar-refractivity contribution in [3.8, 4) is 11.4 Å². The van der Waals surface area contributed by atoms with Gasteiger partial charge < -0.3 is 14.0 Å². The smallest absolute Gasteiger partial charge is 0.168 e. The Morgan fingerprint density at radius 2 is 1.89 bits per heavy atom. The summed E-state index contributed by atoms with van der Waals surface area (Å²) in [7, 11) is -0.707. The molecule has 0 N–H and O–H groups in total. The number of halogens is 1. The van der Waals surface area contributed by atoms with Crippen LogP contribution >= 0.6 is 11.6 Å². The van der Waals surface area contributed by atoms with E-state index in [1.807, 2.05) is 29.0 Å². The second-order valence-corrected chi connectivity index (χ2v) is 12.1. The standard InChI is InChI=1S/C24H28ClN7O4S/c1-16(21(36-3)22-26-11-17(25)12-27-22)37(33,34)14-20-29-30-23(32(20)24(15-35-2)8-6-9-24)18-13-28-31-10-5-4-7-19(18)31/h4-5,7,10-13,16,21H,6,8-9,14-15H2,1-3H3/t16-,21-/m0/s1. The van der Waals surface area contributed by atoms with Crippen LogP contribution in [0.4, 0.5) is 0 Å².